The highest BCUT2D eigenvalue weighted by molar-refractivity contribution is 6.30. The molecular weight excluding hydrogens is 352 g/mol. The van der Waals surface area contributed by atoms with Crippen LogP contribution in [-0.4, -0.2) is 21.8 Å². The van der Waals surface area contributed by atoms with Gasteiger partial charge in [-0.15, -0.1) is 0 Å². The van der Waals surface area contributed by atoms with Gasteiger partial charge in [0.1, 0.15) is 11.4 Å². The molecule has 0 radical (unpaired) electrons. The summed E-state index contributed by atoms with van der Waals surface area (Å²) in [6.07, 6.45) is 0.209. The zero-order valence-electron chi connectivity index (χ0n) is 15.7. The maximum atomic E-state index is 11.8. The lowest BCUT2D eigenvalue weighted by atomic mass is 9.77. The van der Waals surface area contributed by atoms with Crippen LogP contribution in [0.1, 0.15) is 51.8 Å². The number of aliphatic hydroxyl groups excluding tert-OH is 1. The lowest BCUT2D eigenvalue weighted by molar-refractivity contribution is 0.0635. The number of pyridine rings is 1. The molecule has 0 aliphatic carbocycles. The molecule has 1 heterocycles. The van der Waals surface area contributed by atoms with Gasteiger partial charge >= 0.3 is 6.09 Å². The van der Waals surface area contributed by atoms with Crippen molar-refractivity contribution in [2.24, 2.45) is 0 Å². The van der Waals surface area contributed by atoms with Crippen LogP contribution in [0.15, 0.2) is 42.6 Å². The minimum Gasteiger partial charge on any atom is -0.444 e. The quantitative estimate of drug-likeness (QED) is 0.779. The van der Waals surface area contributed by atoms with Gasteiger partial charge in [0, 0.05) is 16.6 Å². The molecule has 0 saturated carbocycles. The number of halogens is 1. The number of hydrogen-bond acceptors (Lipinski definition) is 4. The summed E-state index contributed by atoms with van der Waals surface area (Å²) in [6, 6.07) is 10.8. The van der Waals surface area contributed by atoms with E-state index >= 15 is 0 Å². The highest BCUT2D eigenvalue weighted by Gasteiger charge is 2.31. The molecule has 2 aromatic rings. The fraction of sp³-hybridized carbons (Fsp3) is 0.400. The first-order chi connectivity index (χ1) is 12.0. The van der Waals surface area contributed by atoms with E-state index in [4.69, 9.17) is 16.3 Å². The van der Waals surface area contributed by atoms with E-state index in [-0.39, 0.29) is 0 Å². The third kappa shape index (κ3) is 5.19. The van der Waals surface area contributed by atoms with Crippen LogP contribution in [0, 0.1) is 0 Å². The van der Waals surface area contributed by atoms with Gasteiger partial charge in [-0.05, 0) is 50.1 Å². The molecule has 1 aromatic carbocycles. The number of amides is 1. The molecule has 5 nitrogen and oxygen atoms in total. The molecule has 140 valence electrons. The first kappa shape index (κ1) is 20.2. The topological polar surface area (TPSA) is 71.5 Å². The number of nitrogens with zero attached hydrogens (tertiary/aromatic N) is 1. The van der Waals surface area contributed by atoms with Crippen LogP contribution in [0.5, 0.6) is 0 Å². The maximum absolute atomic E-state index is 11.8. The van der Waals surface area contributed by atoms with Gasteiger partial charge in [-0.2, -0.15) is 0 Å². The van der Waals surface area contributed by atoms with E-state index in [2.05, 4.69) is 10.3 Å². The van der Waals surface area contributed by atoms with Gasteiger partial charge in [-0.25, -0.2) is 9.78 Å². The van der Waals surface area contributed by atoms with Gasteiger partial charge < -0.3 is 9.84 Å². The number of carbonyl (C=O) groups excluding carboxylic acids is 1. The van der Waals surface area contributed by atoms with Crippen molar-refractivity contribution in [2.75, 3.05) is 5.32 Å². The van der Waals surface area contributed by atoms with E-state index in [1.807, 2.05) is 26.0 Å². The van der Waals surface area contributed by atoms with Crippen LogP contribution in [0.4, 0.5) is 10.6 Å². The van der Waals surface area contributed by atoms with Crippen molar-refractivity contribution in [3.8, 4) is 0 Å². The predicted molar refractivity (Wildman–Crippen MR) is 104 cm³/mol. The normalized spacial score (nSPS) is 13.2. The van der Waals surface area contributed by atoms with E-state index in [9.17, 15) is 9.90 Å². The average Bonchev–Trinajstić information content (AvgIpc) is 2.53. The van der Waals surface area contributed by atoms with Crippen LogP contribution in [0.25, 0.3) is 0 Å². The van der Waals surface area contributed by atoms with E-state index in [0.29, 0.717) is 16.4 Å². The highest BCUT2D eigenvalue weighted by Crippen LogP contribution is 2.37. The molecule has 1 unspecified atom stereocenters. The van der Waals surface area contributed by atoms with Gasteiger partial charge in [0.05, 0.1) is 6.10 Å². The molecule has 0 spiro atoms. The smallest absolute Gasteiger partial charge is 0.413 e. The van der Waals surface area contributed by atoms with E-state index < -0.39 is 23.2 Å². The summed E-state index contributed by atoms with van der Waals surface area (Å²) < 4.78 is 5.19. The van der Waals surface area contributed by atoms with Crippen molar-refractivity contribution in [3.05, 3.63) is 58.7 Å². The van der Waals surface area contributed by atoms with E-state index in [1.165, 1.54) is 0 Å². The number of anilines is 1. The molecule has 0 aliphatic rings. The second-order valence-electron chi connectivity index (χ2n) is 7.73. The van der Waals surface area contributed by atoms with Gasteiger partial charge in [-0.3, -0.25) is 5.32 Å². The molecule has 0 fully saturated rings. The van der Waals surface area contributed by atoms with Crippen molar-refractivity contribution in [2.45, 2.75) is 51.7 Å². The van der Waals surface area contributed by atoms with Crippen molar-refractivity contribution in [1.29, 1.82) is 0 Å². The van der Waals surface area contributed by atoms with Crippen LogP contribution in [-0.2, 0) is 10.2 Å². The lowest BCUT2D eigenvalue weighted by Gasteiger charge is -2.31. The summed E-state index contributed by atoms with van der Waals surface area (Å²) in [5, 5.41) is 14.0. The monoisotopic (exact) mass is 376 g/mol. The number of carbonyl (C=O) groups is 1. The minimum atomic E-state index is -0.772. The summed E-state index contributed by atoms with van der Waals surface area (Å²) in [7, 11) is 0. The van der Waals surface area contributed by atoms with Crippen molar-refractivity contribution >= 4 is 23.5 Å². The third-order valence-corrected chi connectivity index (χ3v) is 4.25. The Balaban J connectivity index is 2.11. The maximum Gasteiger partial charge on any atom is 0.413 e. The standard InChI is InChI=1S/C20H25ClN2O3/c1-19(2,3)26-18(25)23-16-11-6-13(12-22-16)17(24)20(4,5)14-7-9-15(21)10-8-14/h6-12,17,24H,1-5H3,(H,22,23,25). The first-order valence-electron chi connectivity index (χ1n) is 8.39. The summed E-state index contributed by atoms with van der Waals surface area (Å²) >= 11 is 5.94. The number of aliphatic hydroxyl groups is 1. The largest absolute Gasteiger partial charge is 0.444 e. The summed E-state index contributed by atoms with van der Waals surface area (Å²) in [5.41, 5.74) is 0.500. The van der Waals surface area contributed by atoms with Crippen LogP contribution in [0.3, 0.4) is 0 Å². The number of aromatic nitrogens is 1. The molecule has 2 rings (SSSR count). The van der Waals surface area contributed by atoms with E-state index in [1.54, 1.807) is 51.2 Å². The molecule has 0 saturated heterocycles. The molecule has 6 heteroatoms. The SMILES string of the molecule is CC(C)(C)OC(=O)Nc1ccc(C(O)C(C)(C)c2ccc(Cl)cc2)cn1. The number of rotatable bonds is 4. The Kier molecular flexibility index (Phi) is 5.94. The number of hydrogen-bond donors (Lipinski definition) is 2. The molecule has 0 bridgehead atoms. The minimum absolute atomic E-state index is 0.361. The molecule has 0 aliphatic heterocycles. The molecule has 1 aromatic heterocycles. The molecule has 1 atom stereocenters. The zero-order valence-corrected chi connectivity index (χ0v) is 16.5. The van der Waals surface area contributed by atoms with Gasteiger partial charge in [0.15, 0.2) is 0 Å². The Morgan fingerprint density at radius 1 is 1.12 bits per heavy atom. The Labute approximate surface area is 159 Å². The number of nitrogens with one attached hydrogen (secondary N) is 1. The van der Waals surface area contributed by atoms with Crippen LogP contribution < -0.4 is 5.32 Å². The highest BCUT2D eigenvalue weighted by atomic mass is 35.5. The Morgan fingerprint density at radius 3 is 2.23 bits per heavy atom. The zero-order chi connectivity index (χ0) is 19.5. The molecule has 26 heavy (non-hydrogen) atoms. The third-order valence-electron chi connectivity index (χ3n) is 4.00. The average molecular weight is 377 g/mol. The first-order valence-corrected chi connectivity index (χ1v) is 8.77. The fourth-order valence-corrected chi connectivity index (χ4v) is 2.63. The Bertz CT molecular complexity index is 750. The predicted octanol–water partition coefficient (Wildman–Crippen LogP) is 5.09. The van der Waals surface area contributed by atoms with Crippen molar-refractivity contribution in [1.82, 2.24) is 4.98 Å². The Morgan fingerprint density at radius 2 is 1.73 bits per heavy atom. The van der Waals surface area contributed by atoms with Gasteiger partial charge in [0.25, 0.3) is 0 Å². The van der Waals surface area contributed by atoms with E-state index in [0.717, 1.165) is 5.56 Å². The Hall–Kier alpha value is -2.11. The van der Waals surface area contributed by atoms with Crippen molar-refractivity contribution < 1.29 is 14.6 Å². The second kappa shape index (κ2) is 7.64. The second-order valence-corrected chi connectivity index (χ2v) is 8.17. The number of ether oxygens (including phenoxy) is 1. The number of benzene rings is 1. The molecular formula is C20H25ClN2O3. The lowest BCUT2D eigenvalue weighted by Crippen LogP contribution is -2.28. The van der Waals surface area contributed by atoms with Gasteiger partial charge in [-0.1, -0.05) is 43.6 Å². The molecule has 2 N–H and O–H groups in total. The summed E-state index contributed by atoms with van der Waals surface area (Å²) in [6.45, 7) is 9.27. The van der Waals surface area contributed by atoms with Crippen molar-refractivity contribution in [3.63, 3.8) is 0 Å². The summed E-state index contributed by atoms with van der Waals surface area (Å²) in [5.74, 6) is 0.361. The van der Waals surface area contributed by atoms with Crippen LogP contribution >= 0.6 is 11.6 Å². The molecule has 1 amide bonds. The van der Waals surface area contributed by atoms with Gasteiger partial charge in [0.2, 0.25) is 0 Å². The summed E-state index contributed by atoms with van der Waals surface area (Å²) in [4.78, 5) is 16.0. The fourth-order valence-electron chi connectivity index (χ4n) is 2.50. The van der Waals surface area contributed by atoms with Crippen LogP contribution in [0.2, 0.25) is 5.02 Å².